The van der Waals surface area contributed by atoms with E-state index in [1.165, 1.54) is 5.56 Å². The normalized spacial score (nSPS) is 11.1. The lowest BCUT2D eigenvalue weighted by Crippen LogP contribution is -2.20. The van der Waals surface area contributed by atoms with Crippen molar-refractivity contribution in [2.24, 2.45) is 7.05 Å². The fourth-order valence-electron chi connectivity index (χ4n) is 2.06. The number of aromatic nitrogens is 4. The smallest absolute Gasteiger partial charge is 0.264 e. The number of hydrogen-bond donors (Lipinski definition) is 0. The molecule has 0 saturated heterocycles. The van der Waals surface area contributed by atoms with Crippen molar-refractivity contribution in [3.63, 3.8) is 0 Å². The van der Waals surface area contributed by atoms with E-state index in [0.29, 0.717) is 17.6 Å². The molecule has 0 radical (unpaired) electrons. The molecule has 0 aliphatic heterocycles. The second-order valence-electron chi connectivity index (χ2n) is 4.70. The van der Waals surface area contributed by atoms with Crippen LogP contribution in [0.2, 0.25) is 0 Å². The van der Waals surface area contributed by atoms with Gasteiger partial charge in [-0.05, 0) is 12.5 Å². The average Bonchev–Trinajstić information content (AvgIpc) is 2.77. The van der Waals surface area contributed by atoms with Crippen molar-refractivity contribution in [2.45, 2.75) is 13.5 Å². The lowest BCUT2D eigenvalue weighted by Gasteiger charge is -2.05. The van der Waals surface area contributed by atoms with E-state index < -0.39 is 0 Å². The third-order valence-corrected chi connectivity index (χ3v) is 3.09. The maximum absolute atomic E-state index is 12.3. The molecular formula is C14H14N4O. The van der Waals surface area contributed by atoms with Crippen LogP contribution in [0.3, 0.4) is 0 Å². The van der Waals surface area contributed by atoms with E-state index in [4.69, 9.17) is 0 Å². The summed E-state index contributed by atoms with van der Waals surface area (Å²) >= 11 is 0. The minimum atomic E-state index is -0.0568. The van der Waals surface area contributed by atoms with Crippen LogP contribution in [0.1, 0.15) is 11.1 Å². The van der Waals surface area contributed by atoms with Crippen molar-refractivity contribution in [3.8, 4) is 0 Å². The molecule has 0 amide bonds. The largest absolute Gasteiger partial charge is 0.294 e. The molecule has 0 unspecified atom stereocenters. The maximum Gasteiger partial charge on any atom is 0.264 e. The van der Waals surface area contributed by atoms with Crippen molar-refractivity contribution >= 4 is 11.0 Å². The first-order valence-electron chi connectivity index (χ1n) is 6.08. The van der Waals surface area contributed by atoms with Gasteiger partial charge in [0.15, 0.2) is 5.65 Å². The van der Waals surface area contributed by atoms with Crippen LogP contribution < -0.4 is 5.56 Å². The Kier molecular flexibility index (Phi) is 2.67. The van der Waals surface area contributed by atoms with Gasteiger partial charge in [-0.2, -0.15) is 5.10 Å². The van der Waals surface area contributed by atoms with Gasteiger partial charge in [-0.25, -0.2) is 4.98 Å². The third kappa shape index (κ3) is 2.14. The Morgan fingerprint density at radius 2 is 1.95 bits per heavy atom. The van der Waals surface area contributed by atoms with E-state index in [0.717, 1.165) is 5.56 Å². The summed E-state index contributed by atoms with van der Waals surface area (Å²) in [6.45, 7) is 2.57. The van der Waals surface area contributed by atoms with Gasteiger partial charge in [-0.3, -0.25) is 14.0 Å². The van der Waals surface area contributed by atoms with Gasteiger partial charge >= 0.3 is 0 Å². The topological polar surface area (TPSA) is 52.7 Å². The van der Waals surface area contributed by atoms with E-state index in [1.807, 2.05) is 31.2 Å². The number of aryl methyl sites for hydroxylation is 2. The van der Waals surface area contributed by atoms with Crippen LogP contribution in [0.15, 0.2) is 41.6 Å². The first kappa shape index (κ1) is 11.6. The Labute approximate surface area is 110 Å². The first-order valence-corrected chi connectivity index (χ1v) is 6.08. The van der Waals surface area contributed by atoms with Gasteiger partial charge in [-0.15, -0.1) is 0 Å². The zero-order valence-corrected chi connectivity index (χ0v) is 10.9. The third-order valence-electron chi connectivity index (χ3n) is 3.09. The zero-order valence-electron chi connectivity index (χ0n) is 10.9. The highest BCUT2D eigenvalue weighted by Gasteiger charge is 2.07. The predicted molar refractivity (Wildman–Crippen MR) is 73.1 cm³/mol. The molecule has 0 bridgehead atoms. The Bertz CT molecular complexity index is 783. The number of fused-ring (bicyclic) bond motifs is 1. The summed E-state index contributed by atoms with van der Waals surface area (Å²) in [5.41, 5.74) is 2.72. The summed E-state index contributed by atoms with van der Waals surface area (Å²) in [6, 6.07) is 8.12. The highest BCUT2D eigenvalue weighted by Crippen LogP contribution is 2.06. The summed E-state index contributed by atoms with van der Waals surface area (Å²) in [5.74, 6) is 0. The second kappa shape index (κ2) is 4.35. The molecule has 5 heteroatoms. The van der Waals surface area contributed by atoms with Gasteiger partial charge in [0.2, 0.25) is 0 Å². The average molecular weight is 254 g/mol. The van der Waals surface area contributed by atoms with E-state index >= 15 is 0 Å². The van der Waals surface area contributed by atoms with Gasteiger partial charge < -0.3 is 0 Å². The Balaban J connectivity index is 2.03. The molecule has 19 heavy (non-hydrogen) atoms. The van der Waals surface area contributed by atoms with Crippen LogP contribution in [0.5, 0.6) is 0 Å². The molecule has 5 nitrogen and oxygen atoms in total. The van der Waals surface area contributed by atoms with E-state index in [-0.39, 0.29) is 5.56 Å². The number of benzene rings is 1. The van der Waals surface area contributed by atoms with Gasteiger partial charge in [0.25, 0.3) is 5.56 Å². The monoisotopic (exact) mass is 254 g/mol. The fourth-order valence-corrected chi connectivity index (χ4v) is 2.06. The molecule has 0 atom stereocenters. The van der Waals surface area contributed by atoms with E-state index in [1.54, 1.807) is 28.8 Å². The highest BCUT2D eigenvalue weighted by molar-refractivity contribution is 5.72. The molecule has 0 aliphatic rings. The van der Waals surface area contributed by atoms with Gasteiger partial charge in [0, 0.05) is 13.2 Å². The molecule has 96 valence electrons. The lowest BCUT2D eigenvalue weighted by molar-refractivity contribution is 0.746. The van der Waals surface area contributed by atoms with Crippen LogP contribution in [0, 0.1) is 6.92 Å². The van der Waals surface area contributed by atoms with Crippen molar-refractivity contribution in [1.82, 2.24) is 19.3 Å². The quantitative estimate of drug-likeness (QED) is 0.696. The molecule has 0 aliphatic carbocycles. The molecule has 1 aromatic carbocycles. The van der Waals surface area contributed by atoms with Crippen LogP contribution in [-0.4, -0.2) is 19.3 Å². The van der Waals surface area contributed by atoms with Gasteiger partial charge in [0.1, 0.15) is 11.7 Å². The maximum atomic E-state index is 12.3. The van der Waals surface area contributed by atoms with Crippen molar-refractivity contribution in [2.75, 3.05) is 0 Å². The van der Waals surface area contributed by atoms with E-state index in [9.17, 15) is 4.79 Å². The van der Waals surface area contributed by atoms with Crippen LogP contribution in [-0.2, 0) is 13.6 Å². The minimum absolute atomic E-state index is 0.0568. The highest BCUT2D eigenvalue weighted by atomic mass is 16.1. The minimum Gasteiger partial charge on any atom is -0.294 e. The molecule has 3 aromatic rings. The Hall–Kier alpha value is -2.43. The molecule has 0 spiro atoms. The molecule has 2 heterocycles. The number of hydrogen-bond acceptors (Lipinski definition) is 3. The van der Waals surface area contributed by atoms with Crippen LogP contribution >= 0.6 is 0 Å². The lowest BCUT2D eigenvalue weighted by atomic mass is 10.1. The first-order chi connectivity index (χ1) is 9.13. The zero-order chi connectivity index (χ0) is 13.4. The fraction of sp³-hybridized carbons (Fsp3) is 0.214. The summed E-state index contributed by atoms with van der Waals surface area (Å²) in [7, 11) is 1.78. The standard InChI is InChI=1S/C14H14N4O/c1-10-3-5-11(6-4-10)7-18-9-15-13-12(14(18)19)8-17(2)16-13/h3-6,8-9H,7H2,1-2H3. The SMILES string of the molecule is Cc1ccc(Cn2cnc3nn(C)cc3c2=O)cc1. The molecule has 0 N–H and O–H groups in total. The van der Waals surface area contributed by atoms with Gasteiger partial charge in [-0.1, -0.05) is 29.8 Å². The predicted octanol–water partition coefficient (Wildman–Crippen LogP) is 1.49. The Morgan fingerprint density at radius 1 is 1.21 bits per heavy atom. The van der Waals surface area contributed by atoms with Crippen molar-refractivity contribution in [1.29, 1.82) is 0 Å². The van der Waals surface area contributed by atoms with Gasteiger partial charge in [0.05, 0.1) is 6.54 Å². The summed E-state index contributed by atoms with van der Waals surface area (Å²) in [6.07, 6.45) is 3.26. The molecule has 3 rings (SSSR count). The number of rotatable bonds is 2. The second-order valence-corrected chi connectivity index (χ2v) is 4.70. The van der Waals surface area contributed by atoms with Crippen LogP contribution in [0.25, 0.3) is 11.0 Å². The summed E-state index contributed by atoms with van der Waals surface area (Å²) in [5, 5.41) is 4.68. The molecule has 0 fully saturated rings. The molecule has 2 aromatic heterocycles. The van der Waals surface area contributed by atoms with E-state index in [2.05, 4.69) is 10.1 Å². The molecule has 0 saturated carbocycles. The van der Waals surface area contributed by atoms with Crippen LogP contribution in [0.4, 0.5) is 0 Å². The summed E-state index contributed by atoms with van der Waals surface area (Å²) < 4.78 is 3.21. The summed E-state index contributed by atoms with van der Waals surface area (Å²) in [4.78, 5) is 16.5. The Morgan fingerprint density at radius 3 is 2.68 bits per heavy atom. The van der Waals surface area contributed by atoms with Crippen molar-refractivity contribution < 1.29 is 0 Å². The number of nitrogens with zero attached hydrogens (tertiary/aromatic N) is 4. The molecular weight excluding hydrogens is 240 g/mol. The van der Waals surface area contributed by atoms with Crippen molar-refractivity contribution in [3.05, 3.63) is 58.3 Å².